The molecule has 0 bridgehead atoms. The van der Waals surface area contributed by atoms with Crippen molar-refractivity contribution in [2.75, 3.05) is 14.2 Å². The third-order valence-corrected chi connectivity index (χ3v) is 10.3. The summed E-state index contributed by atoms with van der Waals surface area (Å²) < 4.78 is 32.1. The lowest BCUT2D eigenvalue weighted by atomic mass is 9.52. The second-order valence-corrected chi connectivity index (χ2v) is 12.9. The van der Waals surface area contributed by atoms with Crippen molar-refractivity contribution in [1.82, 2.24) is 0 Å². The summed E-state index contributed by atoms with van der Waals surface area (Å²) in [4.78, 5) is 12.6. The molecule has 3 aromatic carbocycles. The lowest BCUT2D eigenvalue weighted by molar-refractivity contribution is -0.153. The summed E-state index contributed by atoms with van der Waals surface area (Å²) in [6.45, 7) is 5.07. The van der Waals surface area contributed by atoms with Crippen LogP contribution in [0.25, 0.3) is 11.1 Å². The molecule has 6 rings (SSSR count). The lowest BCUT2D eigenvalue weighted by Gasteiger charge is -2.51. The fourth-order valence-corrected chi connectivity index (χ4v) is 7.94. The number of rotatable bonds is 7. The van der Waals surface area contributed by atoms with Gasteiger partial charge in [0.2, 0.25) is 0 Å². The molecule has 0 radical (unpaired) electrons. The van der Waals surface area contributed by atoms with Crippen molar-refractivity contribution in [2.45, 2.75) is 83.2 Å². The largest absolute Gasteiger partial charge is 0.497 e. The van der Waals surface area contributed by atoms with Crippen LogP contribution in [0.3, 0.4) is 0 Å². The fourth-order valence-electron chi connectivity index (χ4n) is 7.94. The Morgan fingerprint density at radius 1 is 0.902 bits per heavy atom. The molecule has 1 spiro atoms. The number of halogens is 1. The predicted molar refractivity (Wildman–Crippen MR) is 159 cm³/mol. The first-order valence-electron chi connectivity index (χ1n) is 15.1. The smallest absolute Gasteiger partial charge is 0.309 e. The summed E-state index contributed by atoms with van der Waals surface area (Å²) in [5.41, 5.74) is 6.36. The van der Waals surface area contributed by atoms with Gasteiger partial charge in [0.15, 0.2) is 0 Å². The summed E-state index contributed by atoms with van der Waals surface area (Å²) in [7, 11) is 3.11. The minimum atomic E-state index is -0.240. The molecule has 4 nitrogen and oxygen atoms in total. The SMILES string of the molecule is COC(=O)[C@@H]1CC[C@@]12CCCc1ccc(OCc3ccc(-c4cc(OC)ccc4F)c([C@@H]4CCCC4(C)C)c3)cc12. The zero-order valence-electron chi connectivity index (χ0n) is 24.7. The van der Waals surface area contributed by atoms with Crippen LogP contribution >= 0.6 is 0 Å². The molecule has 5 heteroatoms. The Hall–Kier alpha value is -3.34. The minimum absolute atomic E-state index is 0.0660. The highest BCUT2D eigenvalue weighted by atomic mass is 19.1. The maximum Gasteiger partial charge on any atom is 0.309 e. The van der Waals surface area contributed by atoms with Crippen LogP contribution in [0.2, 0.25) is 0 Å². The first-order valence-corrected chi connectivity index (χ1v) is 15.1. The Labute approximate surface area is 243 Å². The van der Waals surface area contributed by atoms with Crippen LogP contribution in [0.5, 0.6) is 11.5 Å². The zero-order valence-corrected chi connectivity index (χ0v) is 24.7. The monoisotopic (exact) mass is 556 g/mol. The van der Waals surface area contributed by atoms with Gasteiger partial charge in [-0.2, -0.15) is 0 Å². The Balaban J connectivity index is 1.31. The van der Waals surface area contributed by atoms with Crippen molar-refractivity contribution in [2.24, 2.45) is 11.3 Å². The van der Waals surface area contributed by atoms with Gasteiger partial charge in [-0.25, -0.2) is 4.39 Å². The molecule has 3 aliphatic rings. The van der Waals surface area contributed by atoms with E-state index in [4.69, 9.17) is 14.2 Å². The van der Waals surface area contributed by atoms with Crippen molar-refractivity contribution < 1.29 is 23.4 Å². The maximum atomic E-state index is 15.1. The number of benzene rings is 3. The van der Waals surface area contributed by atoms with E-state index in [1.807, 2.05) is 0 Å². The van der Waals surface area contributed by atoms with E-state index in [9.17, 15) is 4.79 Å². The molecule has 0 aromatic heterocycles. The fraction of sp³-hybridized carbons (Fsp3) is 0.472. The maximum absolute atomic E-state index is 15.1. The normalized spacial score (nSPS) is 24.4. The molecule has 216 valence electrons. The van der Waals surface area contributed by atoms with Gasteiger partial charge in [0, 0.05) is 11.0 Å². The number of hydrogen-bond acceptors (Lipinski definition) is 4. The van der Waals surface area contributed by atoms with E-state index in [-0.39, 0.29) is 28.5 Å². The van der Waals surface area contributed by atoms with E-state index in [1.165, 1.54) is 36.3 Å². The average molecular weight is 557 g/mol. The molecular weight excluding hydrogens is 515 g/mol. The van der Waals surface area contributed by atoms with Crippen molar-refractivity contribution >= 4 is 5.97 Å². The van der Waals surface area contributed by atoms with E-state index in [0.717, 1.165) is 61.8 Å². The Kier molecular flexibility index (Phi) is 7.33. The van der Waals surface area contributed by atoms with Gasteiger partial charge in [0.05, 0.1) is 20.1 Å². The number of methoxy groups -OCH3 is 2. The molecule has 3 atom stereocenters. The third-order valence-electron chi connectivity index (χ3n) is 10.3. The molecule has 0 saturated heterocycles. The zero-order chi connectivity index (χ0) is 28.8. The summed E-state index contributed by atoms with van der Waals surface area (Å²) in [5.74, 6) is 1.41. The number of ether oxygens (including phenoxy) is 3. The van der Waals surface area contributed by atoms with Crippen LogP contribution in [0.1, 0.15) is 87.0 Å². The lowest BCUT2D eigenvalue weighted by Crippen LogP contribution is -2.50. The van der Waals surface area contributed by atoms with Gasteiger partial charge in [-0.15, -0.1) is 0 Å². The second-order valence-electron chi connectivity index (χ2n) is 12.9. The quantitative estimate of drug-likeness (QED) is 0.274. The van der Waals surface area contributed by atoms with Gasteiger partial charge < -0.3 is 14.2 Å². The molecule has 41 heavy (non-hydrogen) atoms. The van der Waals surface area contributed by atoms with E-state index in [0.29, 0.717) is 23.8 Å². The van der Waals surface area contributed by atoms with Gasteiger partial charge in [-0.05, 0) is 114 Å². The molecule has 2 saturated carbocycles. The average Bonchev–Trinajstić information content (AvgIpc) is 3.33. The molecule has 3 aliphatic carbocycles. The first-order chi connectivity index (χ1) is 19.8. The van der Waals surface area contributed by atoms with Crippen molar-refractivity contribution in [3.63, 3.8) is 0 Å². The van der Waals surface area contributed by atoms with Crippen molar-refractivity contribution in [3.05, 3.63) is 82.7 Å². The first kappa shape index (κ1) is 27.8. The summed E-state index contributed by atoms with van der Waals surface area (Å²) in [6.07, 6.45) is 8.47. The van der Waals surface area contributed by atoms with Crippen molar-refractivity contribution in [3.8, 4) is 22.6 Å². The highest BCUT2D eigenvalue weighted by molar-refractivity contribution is 5.76. The Bertz CT molecular complexity index is 1460. The number of carbonyl (C=O) groups excluding carboxylic acids is 1. The predicted octanol–water partition coefficient (Wildman–Crippen LogP) is 8.53. The molecule has 0 amide bonds. The van der Waals surface area contributed by atoms with E-state index >= 15 is 4.39 Å². The van der Waals surface area contributed by atoms with Crippen LogP contribution in [0.4, 0.5) is 4.39 Å². The molecule has 2 fully saturated rings. The van der Waals surface area contributed by atoms with Crippen LogP contribution in [0, 0.1) is 17.2 Å². The Morgan fingerprint density at radius 3 is 2.44 bits per heavy atom. The number of aryl methyl sites for hydroxylation is 1. The van der Waals surface area contributed by atoms with E-state index in [2.05, 4.69) is 50.2 Å². The molecule has 0 aliphatic heterocycles. The second kappa shape index (κ2) is 10.8. The topological polar surface area (TPSA) is 44.8 Å². The standard InChI is InChI=1S/C36H41FO4/c1-35(2)16-6-8-30(35)28-19-23(9-13-27(28)29-20-25(39-3)12-14-33(29)37)22-41-26-11-10-24-7-5-17-36(32(24)21-26)18-15-31(36)34(38)40-4/h9-14,19-21,30-31H,5-8,15-18,22H2,1-4H3/t30-,31-,36-/m0/s1. The molecule has 0 unspecified atom stereocenters. The van der Waals surface area contributed by atoms with Gasteiger partial charge in [0.25, 0.3) is 0 Å². The van der Waals surface area contributed by atoms with Crippen LogP contribution in [0.15, 0.2) is 54.6 Å². The van der Waals surface area contributed by atoms with E-state index < -0.39 is 0 Å². The van der Waals surface area contributed by atoms with Gasteiger partial charge in [0.1, 0.15) is 23.9 Å². The van der Waals surface area contributed by atoms with Gasteiger partial charge >= 0.3 is 5.97 Å². The van der Waals surface area contributed by atoms with Crippen LogP contribution in [-0.2, 0) is 28.0 Å². The minimum Gasteiger partial charge on any atom is -0.497 e. The van der Waals surface area contributed by atoms with Gasteiger partial charge in [-0.1, -0.05) is 44.5 Å². The number of carbonyl (C=O) groups is 1. The van der Waals surface area contributed by atoms with Crippen LogP contribution in [-0.4, -0.2) is 20.2 Å². The van der Waals surface area contributed by atoms with E-state index in [1.54, 1.807) is 19.2 Å². The molecular formula is C36H41FO4. The highest BCUT2D eigenvalue weighted by Gasteiger charge is 2.53. The van der Waals surface area contributed by atoms with Gasteiger partial charge in [-0.3, -0.25) is 4.79 Å². The highest BCUT2D eigenvalue weighted by Crippen LogP contribution is 2.56. The Morgan fingerprint density at radius 2 is 1.73 bits per heavy atom. The third kappa shape index (κ3) is 4.91. The summed E-state index contributed by atoms with van der Waals surface area (Å²) in [6, 6.07) is 17.7. The summed E-state index contributed by atoms with van der Waals surface area (Å²) in [5, 5.41) is 0. The molecule has 3 aromatic rings. The van der Waals surface area contributed by atoms with Crippen molar-refractivity contribution in [1.29, 1.82) is 0 Å². The molecule has 0 N–H and O–H groups in total. The van der Waals surface area contributed by atoms with Crippen LogP contribution < -0.4 is 9.47 Å². The number of hydrogen-bond donors (Lipinski definition) is 0. The molecule has 0 heterocycles. The summed E-state index contributed by atoms with van der Waals surface area (Å²) >= 11 is 0. The number of esters is 1. The number of fused-ring (bicyclic) bond motifs is 2.